The normalized spacial score (nSPS) is 33.4. The molecule has 17 heavy (non-hydrogen) atoms. The Kier molecular flexibility index (Phi) is 5.37. The molecule has 98 valence electrons. The van der Waals surface area contributed by atoms with Gasteiger partial charge in [0.1, 0.15) is 6.10 Å². The summed E-state index contributed by atoms with van der Waals surface area (Å²) >= 11 is 0. The third kappa shape index (κ3) is 4.34. The lowest BCUT2D eigenvalue weighted by Crippen LogP contribution is -2.38. The van der Waals surface area contributed by atoms with Gasteiger partial charge < -0.3 is 10.1 Å². The molecule has 1 aliphatic carbocycles. The van der Waals surface area contributed by atoms with E-state index in [1.165, 1.54) is 51.4 Å². The minimum atomic E-state index is 0.411. The maximum atomic E-state index is 5.59. The highest BCUT2D eigenvalue weighted by Crippen LogP contribution is 2.27. The van der Waals surface area contributed by atoms with Gasteiger partial charge in [-0.05, 0) is 50.5 Å². The van der Waals surface area contributed by atoms with Gasteiger partial charge in [-0.25, -0.2) is 0 Å². The van der Waals surface area contributed by atoms with Crippen molar-refractivity contribution in [2.24, 2.45) is 5.92 Å². The molecule has 1 saturated carbocycles. The predicted molar refractivity (Wildman–Crippen MR) is 71.9 cm³/mol. The fraction of sp³-hybridized carbons (Fsp3) is 0.867. The Balaban J connectivity index is 1.59. The van der Waals surface area contributed by atoms with Crippen LogP contribution in [0.3, 0.4) is 0 Å². The molecule has 0 spiro atoms. The maximum Gasteiger partial charge on any atom is 0.110 e. The molecule has 1 fully saturated rings. The maximum absolute atomic E-state index is 5.59. The topological polar surface area (TPSA) is 21.3 Å². The first-order chi connectivity index (χ1) is 8.38. The van der Waals surface area contributed by atoms with Gasteiger partial charge in [0.15, 0.2) is 0 Å². The van der Waals surface area contributed by atoms with Gasteiger partial charge in [-0.3, -0.25) is 0 Å². The molecule has 0 radical (unpaired) electrons. The Morgan fingerprint density at radius 1 is 1.18 bits per heavy atom. The van der Waals surface area contributed by atoms with E-state index >= 15 is 0 Å². The molecule has 1 N–H and O–H groups in total. The molecule has 1 unspecified atom stereocenters. The number of hydrogen-bond donors (Lipinski definition) is 1. The highest BCUT2D eigenvalue weighted by atomic mass is 16.5. The van der Waals surface area contributed by atoms with E-state index in [4.69, 9.17) is 4.74 Å². The van der Waals surface area contributed by atoms with Crippen LogP contribution in [0, 0.1) is 5.92 Å². The monoisotopic (exact) mass is 237 g/mol. The van der Waals surface area contributed by atoms with Crippen molar-refractivity contribution in [2.45, 2.75) is 70.4 Å². The third-order valence-corrected chi connectivity index (χ3v) is 4.20. The number of ether oxygens (including phenoxy) is 1. The highest BCUT2D eigenvalue weighted by Gasteiger charge is 2.21. The van der Waals surface area contributed by atoms with Crippen molar-refractivity contribution in [1.82, 2.24) is 5.32 Å². The predicted octanol–water partition coefficient (Wildman–Crippen LogP) is 3.63. The van der Waals surface area contributed by atoms with Gasteiger partial charge in [-0.15, -0.1) is 0 Å². The average Bonchev–Trinajstić information content (AvgIpc) is 2.40. The molecule has 2 heteroatoms. The summed E-state index contributed by atoms with van der Waals surface area (Å²) in [4.78, 5) is 0. The van der Waals surface area contributed by atoms with Crippen LogP contribution in [-0.2, 0) is 4.74 Å². The van der Waals surface area contributed by atoms with E-state index in [1.54, 1.807) is 0 Å². The van der Waals surface area contributed by atoms with Crippen molar-refractivity contribution in [1.29, 1.82) is 0 Å². The second kappa shape index (κ2) is 7.05. The fourth-order valence-corrected chi connectivity index (χ4v) is 3.10. The second-order valence-corrected chi connectivity index (χ2v) is 5.62. The lowest BCUT2D eigenvalue weighted by molar-refractivity contribution is 0.115. The van der Waals surface area contributed by atoms with Gasteiger partial charge >= 0.3 is 0 Å². The van der Waals surface area contributed by atoms with Crippen LogP contribution in [0.25, 0.3) is 0 Å². The van der Waals surface area contributed by atoms with Gasteiger partial charge in [0, 0.05) is 12.6 Å². The van der Waals surface area contributed by atoms with Gasteiger partial charge in [0.05, 0.1) is 6.26 Å². The fourth-order valence-electron chi connectivity index (χ4n) is 3.10. The smallest absolute Gasteiger partial charge is 0.110 e. The first-order valence-corrected chi connectivity index (χ1v) is 7.42. The second-order valence-electron chi connectivity index (χ2n) is 5.62. The molecule has 2 aliphatic rings. The van der Waals surface area contributed by atoms with Gasteiger partial charge in [-0.1, -0.05) is 19.8 Å². The first kappa shape index (κ1) is 12.9. The minimum absolute atomic E-state index is 0.411. The van der Waals surface area contributed by atoms with E-state index in [1.807, 2.05) is 6.26 Å². The first-order valence-electron chi connectivity index (χ1n) is 7.42. The molecular formula is C15H27NO. The van der Waals surface area contributed by atoms with Crippen molar-refractivity contribution in [3.63, 3.8) is 0 Å². The lowest BCUT2D eigenvalue weighted by atomic mass is 9.83. The van der Waals surface area contributed by atoms with Gasteiger partial charge in [-0.2, -0.15) is 0 Å². The highest BCUT2D eigenvalue weighted by molar-refractivity contribution is 4.84. The Bertz CT molecular complexity index is 231. The molecule has 0 aromatic heterocycles. The Morgan fingerprint density at radius 3 is 2.65 bits per heavy atom. The molecule has 1 atom stereocenters. The van der Waals surface area contributed by atoms with Crippen LogP contribution in [-0.4, -0.2) is 18.7 Å². The molecule has 0 bridgehead atoms. The summed E-state index contributed by atoms with van der Waals surface area (Å²) in [6, 6.07) is 0.748. The molecule has 0 saturated heterocycles. The number of allylic oxidation sites excluding steroid dienone is 1. The summed E-state index contributed by atoms with van der Waals surface area (Å²) < 4.78 is 5.59. The molecule has 1 aliphatic heterocycles. The molecule has 0 amide bonds. The van der Waals surface area contributed by atoms with Crippen molar-refractivity contribution in [3.8, 4) is 0 Å². The summed E-state index contributed by atoms with van der Waals surface area (Å²) in [7, 11) is 0. The molecule has 0 aromatic carbocycles. The zero-order valence-electron chi connectivity index (χ0n) is 11.2. The lowest BCUT2D eigenvalue weighted by Gasteiger charge is -2.30. The average molecular weight is 237 g/mol. The standard InChI is InChI=1S/C15H27NO/c1-2-5-13-7-9-14(10-8-13)16-12-15-6-3-4-11-17-15/h4,11,13-16H,2-3,5-10,12H2,1H3. The number of nitrogens with one attached hydrogen (secondary N) is 1. The summed E-state index contributed by atoms with van der Waals surface area (Å²) in [5.74, 6) is 1.01. The van der Waals surface area contributed by atoms with Gasteiger partial charge in [0.25, 0.3) is 0 Å². The summed E-state index contributed by atoms with van der Waals surface area (Å²) in [5.41, 5.74) is 0. The van der Waals surface area contributed by atoms with Crippen molar-refractivity contribution >= 4 is 0 Å². The molecule has 1 heterocycles. The SMILES string of the molecule is CCCC1CCC(NCC2CCC=CO2)CC1. The third-order valence-electron chi connectivity index (χ3n) is 4.20. The molecule has 2 nitrogen and oxygen atoms in total. The van der Waals surface area contributed by atoms with Crippen LogP contribution in [0.15, 0.2) is 12.3 Å². The minimum Gasteiger partial charge on any atom is -0.497 e. The molecule has 2 rings (SSSR count). The summed E-state index contributed by atoms with van der Waals surface area (Å²) in [6.45, 7) is 3.34. The van der Waals surface area contributed by atoms with Crippen molar-refractivity contribution in [3.05, 3.63) is 12.3 Å². The van der Waals surface area contributed by atoms with E-state index in [2.05, 4.69) is 18.3 Å². The number of hydrogen-bond acceptors (Lipinski definition) is 2. The van der Waals surface area contributed by atoms with Crippen LogP contribution in [0.2, 0.25) is 0 Å². The summed E-state index contributed by atoms with van der Waals surface area (Å²) in [6.07, 6.45) is 15.1. The molecular weight excluding hydrogens is 210 g/mol. The Labute approximate surface area is 106 Å². The van der Waals surface area contributed by atoms with E-state index in [0.29, 0.717) is 6.10 Å². The summed E-state index contributed by atoms with van der Waals surface area (Å²) in [5, 5.41) is 3.70. The van der Waals surface area contributed by atoms with E-state index in [0.717, 1.165) is 18.5 Å². The zero-order valence-corrected chi connectivity index (χ0v) is 11.2. The van der Waals surface area contributed by atoms with Crippen molar-refractivity contribution < 1.29 is 4.74 Å². The zero-order chi connectivity index (χ0) is 11.9. The van der Waals surface area contributed by atoms with E-state index in [-0.39, 0.29) is 0 Å². The molecule has 0 aromatic rings. The Morgan fingerprint density at radius 2 is 2.00 bits per heavy atom. The van der Waals surface area contributed by atoms with E-state index in [9.17, 15) is 0 Å². The van der Waals surface area contributed by atoms with Crippen LogP contribution in [0.4, 0.5) is 0 Å². The van der Waals surface area contributed by atoms with Crippen molar-refractivity contribution in [2.75, 3.05) is 6.54 Å². The van der Waals surface area contributed by atoms with Crippen LogP contribution in [0.5, 0.6) is 0 Å². The van der Waals surface area contributed by atoms with Crippen LogP contribution in [0.1, 0.15) is 58.3 Å². The van der Waals surface area contributed by atoms with Gasteiger partial charge in [0.2, 0.25) is 0 Å². The number of rotatable bonds is 5. The Hall–Kier alpha value is -0.500. The van der Waals surface area contributed by atoms with E-state index < -0.39 is 0 Å². The quantitative estimate of drug-likeness (QED) is 0.788. The van der Waals surface area contributed by atoms with Crippen LogP contribution < -0.4 is 5.32 Å². The van der Waals surface area contributed by atoms with Crippen LogP contribution >= 0.6 is 0 Å². The largest absolute Gasteiger partial charge is 0.497 e.